The summed E-state index contributed by atoms with van der Waals surface area (Å²) in [4.78, 5) is 2.64. The van der Waals surface area contributed by atoms with Gasteiger partial charge in [0, 0.05) is 18.7 Å². The van der Waals surface area contributed by atoms with Crippen molar-refractivity contribution in [1.29, 1.82) is 0 Å². The fourth-order valence-corrected chi connectivity index (χ4v) is 3.82. The van der Waals surface area contributed by atoms with E-state index in [4.69, 9.17) is 4.74 Å². The first-order chi connectivity index (χ1) is 10.3. The zero-order valence-corrected chi connectivity index (χ0v) is 13.4. The SMILES string of the molecule is COc1cccc2c1CCC=C2CCN1CCC[C@@H](C)C1. The van der Waals surface area contributed by atoms with Crippen molar-refractivity contribution in [3.05, 3.63) is 35.4 Å². The van der Waals surface area contributed by atoms with Crippen LogP contribution in [-0.4, -0.2) is 31.6 Å². The lowest BCUT2D eigenvalue weighted by Crippen LogP contribution is -2.35. The molecule has 0 spiro atoms. The number of likely N-dealkylation sites (tertiary alicyclic amines) is 1. The van der Waals surface area contributed by atoms with Crippen molar-refractivity contribution >= 4 is 5.57 Å². The lowest BCUT2D eigenvalue weighted by atomic mass is 9.88. The minimum Gasteiger partial charge on any atom is -0.496 e. The Morgan fingerprint density at radius 3 is 3.05 bits per heavy atom. The number of allylic oxidation sites excluding steroid dienone is 1. The second-order valence-electron chi connectivity index (χ2n) is 6.55. The highest BCUT2D eigenvalue weighted by Gasteiger charge is 2.19. The summed E-state index contributed by atoms with van der Waals surface area (Å²) in [5.41, 5.74) is 4.35. The predicted molar refractivity (Wildman–Crippen MR) is 88.7 cm³/mol. The highest BCUT2D eigenvalue weighted by atomic mass is 16.5. The Morgan fingerprint density at radius 1 is 1.33 bits per heavy atom. The molecule has 2 heteroatoms. The van der Waals surface area contributed by atoms with Crippen LogP contribution in [0.4, 0.5) is 0 Å². The molecule has 1 aromatic carbocycles. The molecule has 1 heterocycles. The molecule has 0 saturated carbocycles. The quantitative estimate of drug-likeness (QED) is 0.824. The maximum absolute atomic E-state index is 5.53. The van der Waals surface area contributed by atoms with Crippen LogP contribution in [0.5, 0.6) is 5.75 Å². The first-order valence-corrected chi connectivity index (χ1v) is 8.35. The minimum absolute atomic E-state index is 0.867. The molecule has 1 aromatic rings. The summed E-state index contributed by atoms with van der Waals surface area (Å²) < 4.78 is 5.53. The zero-order chi connectivity index (χ0) is 14.7. The number of rotatable bonds is 4. The normalized spacial score (nSPS) is 22.6. The smallest absolute Gasteiger partial charge is 0.122 e. The number of ether oxygens (including phenoxy) is 1. The third kappa shape index (κ3) is 3.32. The zero-order valence-electron chi connectivity index (χ0n) is 13.4. The van der Waals surface area contributed by atoms with Crippen LogP contribution >= 0.6 is 0 Å². The molecule has 1 saturated heterocycles. The van der Waals surface area contributed by atoms with Gasteiger partial charge in [-0.3, -0.25) is 0 Å². The number of hydrogen-bond donors (Lipinski definition) is 0. The van der Waals surface area contributed by atoms with Crippen LogP contribution < -0.4 is 4.74 Å². The summed E-state index contributed by atoms with van der Waals surface area (Å²) >= 11 is 0. The lowest BCUT2D eigenvalue weighted by molar-refractivity contribution is 0.188. The fourth-order valence-electron chi connectivity index (χ4n) is 3.82. The van der Waals surface area contributed by atoms with E-state index >= 15 is 0 Å². The van der Waals surface area contributed by atoms with Crippen molar-refractivity contribution < 1.29 is 4.74 Å². The van der Waals surface area contributed by atoms with Crippen molar-refractivity contribution in [2.24, 2.45) is 5.92 Å². The molecule has 1 aliphatic heterocycles. The molecule has 114 valence electrons. The number of nitrogens with zero attached hydrogens (tertiary/aromatic N) is 1. The first-order valence-electron chi connectivity index (χ1n) is 8.35. The number of methoxy groups -OCH3 is 1. The van der Waals surface area contributed by atoms with E-state index in [-0.39, 0.29) is 0 Å². The molecule has 0 radical (unpaired) electrons. The standard InChI is InChI=1S/C19H27NO/c1-15-6-5-12-20(14-15)13-11-16-7-3-9-18-17(16)8-4-10-19(18)21-2/h4,7-8,10,15H,3,5-6,9,11-14H2,1-2H3/t15-/m1/s1. The van der Waals surface area contributed by atoms with E-state index < -0.39 is 0 Å². The molecule has 0 unspecified atom stereocenters. The largest absolute Gasteiger partial charge is 0.496 e. The Kier molecular flexibility index (Phi) is 4.64. The van der Waals surface area contributed by atoms with E-state index in [2.05, 4.69) is 36.1 Å². The molecule has 3 rings (SSSR count). The second kappa shape index (κ2) is 6.65. The van der Waals surface area contributed by atoms with E-state index in [1.807, 2.05) is 0 Å². The van der Waals surface area contributed by atoms with Crippen LogP contribution in [0.25, 0.3) is 5.57 Å². The van der Waals surface area contributed by atoms with Crippen molar-refractivity contribution in [3.63, 3.8) is 0 Å². The van der Waals surface area contributed by atoms with Crippen molar-refractivity contribution in [2.75, 3.05) is 26.7 Å². The molecule has 0 amide bonds. The number of piperidine rings is 1. The average Bonchev–Trinajstić information content (AvgIpc) is 2.52. The van der Waals surface area contributed by atoms with Gasteiger partial charge in [0.05, 0.1) is 7.11 Å². The number of fused-ring (bicyclic) bond motifs is 1. The topological polar surface area (TPSA) is 12.5 Å². The third-order valence-electron chi connectivity index (χ3n) is 4.92. The average molecular weight is 285 g/mol. The van der Waals surface area contributed by atoms with Gasteiger partial charge in [0.1, 0.15) is 5.75 Å². The molecule has 1 fully saturated rings. The van der Waals surface area contributed by atoms with Gasteiger partial charge in [-0.2, -0.15) is 0 Å². The van der Waals surface area contributed by atoms with Gasteiger partial charge in [0.2, 0.25) is 0 Å². The Labute approximate surface area is 128 Å². The van der Waals surface area contributed by atoms with Gasteiger partial charge >= 0.3 is 0 Å². The highest BCUT2D eigenvalue weighted by Crippen LogP contribution is 2.34. The number of hydrogen-bond acceptors (Lipinski definition) is 2. The van der Waals surface area contributed by atoms with Gasteiger partial charge in [0.25, 0.3) is 0 Å². The van der Waals surface area contributed by atoms with Crippen molar-refractivity contribution in [1.82, 2.24) is 4.90 Å². The summed E-state index contributed by atoms with van der Waals surface area (Å²) in [6.07, 6.45) is 8.65. The molecule has 2 aliphatic rings. The van der Waals surface area contributed by atoms with Gasteiger partial charge in [0.15, 0.2) is 0 Å². The summed E-state index contributed by atoms with van der Waals surface area (Å²) in [7, 11) is 1.78. The van der Waals surface area contributed by atoms with E-state index in [0.29, 0.717) is 0 Å². The molecule has 1 aliphatic carbocycles. The minimum atomic E-state index is 0.867. The van der Waals surface area contributed by atoms with E-state index in [0.717, 1.165) is 24.5 Å². The van der Waals surface area contributed by atoms with Crippen LogP contribution in [-0.2, 0) is 6.42 Å². The van der Waals surface area contributed by atoms with Crippen LogP contribution in [0.1, 0.15) is 43.7 Å². The molecule has 21 heavy (non-hydrogen) atoms. The molecule has 0 N–H and O–H groups in total. The Bertz CT molecular complexity index is 520. The molecule has 0 bridgehead atoms. The lowest BCUT2D eigenvalue weighted by Gasteiger charge is -2.31. The summed E-state index contributed by atoms with van der Waals surface area (Å²) in [6, 6.07) is 6.48. The molecule has 2 nitrogen and oxygen atoms in total. The summed E-state index contributed by atoms with van der Waals surface area (Å²) in [5.74, 6) is 1.93. The molecular formula is C19H27NO. The van der Waals surface area contributed by atoms with Crippen LogP contribution in [0.2, 0.25) is 0 Å². The second-order valence-corrected chi connectivity index (χ2v) is 6.55. The van der Waals surface area contributed by atoms with Crippen LogP contribution in [0.3, 0.4) is 0 Å². The Hall–Kier alpha value is -1.28. The third-order valence-corrected chi connectivity index (χ3v) is 4.92. The van der Waals surface area contributed by atoms with E-state index in [9.17, 15) is 0 Å². The van der Waals surface area contributed by atoms with Crippen molar-refractivity contribution in [3.8, 4) is 5.75 Å². The van der Waals surface area contributed by atoms with E-state index in [1.54, 1.807) is 7.11 Å². The Balaban J connectivity index is 1.68. The van der Waals surface area contributed by atoms with Gasteiger partial charge in [-0.1, -0.05) is 25.1 Å². The maximum Gasteiger partial charge on any atom is 0.122 e. The molecule has 1 atom stereocenters. The molecular weight excluding hydrogens is 258 g/mol. The summed E-state index contributed by atoms with van der Waals surface area (Å²) in [5, 5.41) is 0. The monoisotopic (exact) mass is 285 g/mol. The maximum atomic E-state index is 5.53. The van der Waals surface area contributed by atoms with E-state index in [1.165, 1.54) is 55.6 Å². The first kappa shape index (κ1) is 14.6. The van der Waals surface area contributed by atoms with Gasteiger partial charge < -0.3 is 9.64 Å². The van der Waals surface area contributed by atoms with Gasteiger partial charge in [-0.25, -0.2) is 0 Å². The molecule has 0 aromatic heterocycles. The number of benzene rings is 1. The Morgan fingerprint density at radius 2 is 2.24 bits per heavy atom. The summed E-state index contributed by atoms with van der Waals surface area (Å²) in [6.45, 7) is 6.14. The highest BCUT2D eigenvalue weighted by molar-refractivity contribution is 5.72. The fraction of sp³-hybridized carbons (Fsp3) is 0.579. The van der Waals surface area contributed by atoms with Crippen molar-refractivity contribution in [2.45, 2.75) is 39.0 Å². The van der Waals surface area contributed by atoms with Crippen LogP contribution in [0.15, 0.2) is 24.3 Å². The van der Waals surface area contributed by atoms with Gasteiger partial charge in [-0.15, -0.1) is 0 Å². The van der Waals surface area contributed by atoms with Gasteiger partial charge in [-0.05, 0) is 61.8 Å². The van der Waals surface area contributed by atoms with Crippen LogP contribution in [0, 0.1) is 5.92 Å². The predicted octanol–water partition coefficient (Wildman–Crippen LogP) is 4.15.